The molecule has 1 saturated heterocycles. The van der Waals surface area contributed by atoms with Crippen molar-refractivity contribution in [2.45, 2.75) is 32.7 Å². The first-order valence-electron chi connectivity index (χ1n) is 5.72. The molecule has 0 aliphatic carbocycles. The molecular weight excluding hydrogens is 200 g/mol. The van der Waals surface area contributed by atoms with Gasteiger partial charge in [-0.05, 0) is 38.3 Å². The second-order valence-corrected chi connectivity index (χ2v) is 5.27. The lowest BCUT2D eigenvalue weighted by Crippen LogP contribution is -2.39. The summed E-state index contributed by atoms with van der Waals surface area (Å²) in [6.07, 6.45) is 3.78. The minimum absolute atomic E-state index is 0.0888. The molecule has 86 valence electrons. The first-order chi connectivity index (χ1) is 7.54. The number of aldehydes is 1. The van der Waals surface area contributed by atoms with Crippen molar-refractivity contribution in [2.75, 3.05) is 11.4 Å². The van der Waals surface area contributed by atoms with Gasteiger partial charge in [0, 0.05) is 18.3 Å². The highest BCUT2D eigenvalue weighted by Gasteiger charge is 2.37. The molecule has 0 amide bonds. The van der Waals surface area contributed by atoms with Crippen LogP contribution in [0.3, 0.4) is 0 Å². The number of hydrogen-bond donors (Lipinski definition) is 0. The van der Waals surface area contributed by atoms with E-state index >= 15 is 0 Å². The maximum atomic E-state index is 11.0. The van der Waals surface area contributed by atoms with E-state index in [0.717, 1.165) is 25.1 Å². The SMILES string of the molecule is CC1CN(c2ncccc2C=O)C(C)(C)C1. The first kappa shape index (κ1) is 11.1. The Morgan fingerprint density at radius 1 is 1.56 bits per heavy atom. The molecule has 1 aliphatic rings. The van der Waals surface area contributed by atoms with Gasteiger partial charge in [-0.15, -0.1) is 0 Å². The van der Waals surface area contributed by atoms with E-state index in [-0.39, 0.29) is 5.54 Å². The van der Waals surface area contributed by atoms with Gasteiger partial charge in [-0.3, -0.25) is 4.79 Å². The monoisotopic (exact) mass is 218 g/mol. The van der Waals surface area contributed by atoms with Crippen LogP contribution >= 0.6 is 0 Å². The van der Waals surface area contributed by atoms with E-state index in [2.05, 4.69) is 30.7 Å². The van der Waals surface area contributed by atoms with Crippen molar-refractivity contribution in [3.63, 3.8) is 0 Å². The Balaban J connectivity index is 2.40. The van der Waals surface area contributed by atoms with Crippen LogP contribution in [0.25, 0.3) is 0 Å². The summed E-state index contributed by atoms with van der Waals surface area (Å²) in [7, 11) is 0. The van der Waals surface area contributed by atoms with E-state index in [9.17, 15) is 4.79 Å². The van der Waals surface area contributed by atoms with Gasteiger partial charge in [0.2, 0.25) is 0 Å². The van der Waals surface area contributed by atoms with Gasteiger partial charge < -0.3 is 4.90 Å². The number of carbonyl (C=O) groups is 1. The number of nitrogens with zero attached hydrogens (tertiary/aromatic N) is 2. The van der Waals surface area contributed by atoms with Gasteiger partial charge in [-0.25, -0.2) is 4.98 Å². The fourth-order valence-electron chi connectivity index (χ4n) is 2.69. The molecule has 0 saturated carbocycles. The van der Waals surface area contributed by atoms with Crippen LogP contribution in [-0.2, 0) is 0 Å². The van der Waals surface area contributed by atoms with E-state index in [4.69, 9.17) is 0 Å². The highest BCUT2D eigenvalue weighted by Crippen LogP contribution is 2.36. The predicted molar refractivity (Wildman–Crippen MR) is 64.8 cm³/mol. The normalized spacial score (nSPS) is 23.4. The van der Waals surface area contributed by atoms with Gasteiger partial charge >= 0.3 is 0 Å². The molecule has 0 N–H and O–H groups in total. The lowest BCUT2D eigenvalue weighted by Gasteiger charge is -2.33. The third-order valence-corrected chi connectivity index (χ3v) is 3.27. The predicted octanol–water partition coefficient (Wildman–Crippen LogP) is 2.52. The molecule has 1 aliphatic heterocycles. The zero-order valence-corrected chi connectivity index (χ0v) is 10.1. The molecule has 1 atom stereocenters. The fourth-order valence-corrected chi connectivity index (χ4v) is 2.69. The maximum Gasteiger partial charge on any atom is 0.153 e. The summed E-state index contributed by atoms with van der Waals surface area (Å²) in [6, 6.07) is 3.63. The summed E-state index contributed by atoms with van der Waals surface area (Å²) in [5.74, 6) is 1.48. The average Bonchev–Trinajstić information content (AvgIpc) is 2.51. The Morgan fingerprint density at radius 3 is 2.88 bits per heavy atom. The minimum atomic E-state index is 0.0888. The number of rotatable bonds is 2. The summed E-state index contributed by atoms with van der Waals surface area (Å²) < 4.78 is 0. The molecule has 3 heteroatoms. The summed E-state index contributed by atoms with van der Waals surface area (Å²) >= 11 is 0. The quantitative estimate of drug-likeness (QED) is 0.715. The van der Waals surface area contributed by atoms with Gasteiger partial charge in [0.1, 0.15) is 5.82 Å². The molecule has 0 spiro atoms. The number of aromatic nitrogens is 1. The van der Waals surface area contributed by atoms with E-state index in [1.165, 1.54) is 0 Å². The molecule has 0 bridgehead atoms. The van der Waals surface area contributed by atoms with Crippen molar-refractivity contribution < 1.29 is 4.79 Å². The standard InChI is InChI=1S/C13H18N2O/c1-10-7-13(2,3)15(8-10)12-11(9-16)5-4-6-14-12/h4-6,9-10H,7-8H2,1-3H3. The van der Waals surface area contributed by atoms with Crippen molar-refractivity contribution in [1.29, 1.82) is 0 Å². The van der Waals surface area contributed by atoms with Crippen LogP contribution in [-0.4, -0.2) is 23.4 Å². The van der Waals surface area contributed by atoms with Crippen LogP contribution in [0.4, 0.5) is 5.82 Å². The molecule has 1 aromatic heterocycles. The lowest BCUT2D eigenvalue weighted by atomic mass is 9.97. The molecule has 0 radical (unpaired) electrons. The van der Waals surface area contributed by atoms with E-state index in [0.29, 0.717) is 11.5 Å². The second kappa shape index (κ2) is 3.89. The lowest BCUT2D eigenvalue weighted by molar-refractivity contribution is 0.112. The molecule has 1 unspecified atom stereocenters. The summed E-state index contributed by atoms with van der Waals surface area (Å²) in [4.78, 5) is 17.6. The van der Waals surface area contributed by atoms with Crippen molar-refractivity contribution in [3.05, 3.63) is 23.9 Å². The molecule has 0 aromatic carbocycles. The first-order valence-corrected chi connectivity index (χ1v) is 5.72. The second-order valence-electron chi connectivity index (χ2n) is 5.27. The molecule has 3 nitrogen and oxygen atoms in total. The Bertz CT molecular complexity index is 401. The van der Waals surface area contributed by atoms with Gasteiger partial charge in [0.25, 0.3) is 0 Å². The van der Waals surface area contributed by atoms with Gasteiger partial charge in [-0.2, -0.15) is 0 Å². The smallest absolute Gasteiger partial charge is 0.153 e. The molecule has 1 aromatic rings. The molecule has 2 rings (SSSR count). The van der Waals surface area contributed by atoms with Crippen molar-refractivity contribution in [1.82, 2.24) is 4.98 Å². The Hall–Kier alpha value is -1.38. The molecular formula is C13H18N2O. The zero-order valence-electron chi connectivity index (χ0n) is 10.1. The summed E-state index contributed by atoms with van der Waals surface area (Å²) in [5, 5.41) is 0. The van der Waals surface area contributed by atoms with Crippen molar-refractivity contribution in [2.24, 2.45) is 5.92 Å². The van der Waals surface area contributed by atoms with Crippen molar-refractivity contribution >= 4 is 12.1 Å². The highest BCUT2D eigenvalue weighted by molar-refractivity contribution is 5.83. The Morgan fingerprint density at radius 2 is 2.31 bits per heavy atom. The van der Waals surface area contributed by atoms with Crippen LogP contribution in [0, 0.1) is 5.92 Å². The van der Waals surface area contributed by atoms with Crippen LogP contribution in [0.1, 0.15) is 37.6 Å². The molecule has 16 heavy (non-hydrogen) atoms. The van der Waals surface area contributed by atoms with Crippen LogP contribution in [0.15, 0.2) is 18.3 Å². The van der Waals surface area contributed by atoms with Gasteiger partial charge in [0.05, 0.1) is 5.56 Å². The van der Waals surface area contributed by atoms with Crippen LogP contribution in [0.2, 0.25) is 0 Å². The van der Waals surface area contributed by atoms with Gasteiger partial charge in [-0.1, -0.05) is 6.92 Å². The Labute approximate surface area is 96.5 Å². The van der Waals surface area contributed by atoms with Crippen molar-refractivity contribution in [3.8, 4) is 0 Å². The number of pyridine rings is 1. The number of hydrogen-bond acceptors (Lipinski definition) is 3. The van der Waals surface area contributed by atoms with Gasteiger partial charge in [0.15, 0.2) is 6.29 Å². The van der Waals surface area contributed by atoms with Crippen LogP contribution in [0.5, 0.6) is 0 Å². The highest BCUT2D eigenvalue weighted by atomic mass is 16.1. The summed E-state index contributed by atoms with van der Waals surface area (Å²) in [6.45, 7) is 7.63. The zero-order chi connectivity index (χ0) is 11.8. The number of anilines is 1. The minimum Gasteiger partial charge on any atom is -0.351 e. The summed E-state index contributed by atoms with van der Waals surface area (Å²) in [5.41, 5.74) is 0.774. The van der Waals surface area contributed by atoms with E-state index in [1.807, 2.05) is 6.07 Å². The third kappa shape index (κ3) is 1.82. The fraction of sp³-hybridized carbons (Fsp3) is 0.538. The molecule has 1 fully saturated rings. The average molecular weight is 218 g/mol. The number of carbonyl (C=O) groups excluding carboxylic acids is 1. The topological polar surface area (TPSA) is 33.2 Å². The van der Waals surface area contributed by atoms with E-state index < -0.39 is 0 Å². The largest absolute Gasteiger partial charge is 0.351 e. The maximum absolute atomic E-state index is 11.0. The van der Waals surface area contributed by atoms with Crippen LogP contribution < -0.4 is 4.90 Å². The Kier molecular flexibility index (Phi) is 2.70. The third-order valence-electron chi connectivity index (χ3n) is 3.27. The molecule has 2 heterocycles. The van der Waals surface area contributed by atoms with E-state index in [1.54, 1.807) is 12.3 Å².